The van der Waals surface area contributed by atoms with Crippen molar-refractivity contribution in [2.75, 3.05) is 26.2 Å². The van der Waals surface area contributed by atoms with Gasteiger partial charge in [-0.1, -0.05) is 12.5 Å². The fraction of sp³-hybridized carbons (Fsp3) is 0.611. The Balaban J connectivity index is 1.82. The van der Waals surface area contributed by atoms with Crippen LogP contribution in [-0.4, -0.2) is 55.8 Å². The monoisotopic (exact) mass is 365 g/mol. The van der Waals surface area contributed by atoms with Crippen molar-refractivity contribution in [3.05, 3.63) is 29.8 Å². The average molecular weight is 365 g/mol. The molecule has 2 saturated heterocycles. The summed E-state index contributed by atoms with van der Waals surface area (Å²) in [6.45, 7) is 4.40. The summed E-state index contributed by atoms with van der Waals surface area (Å²) in [7, 11) is -3.56. The lowest BCUT2D eigenvalue weighted by Crippen LogP contribution is -2.42. The molecule has 2 aliphatic heterocycles. The fourth-order valence-corrected chi connectivity index (χ4v) is 5.49. The van der Waals surface area contributed by atoms with Crippen molar-refractivity contribution >= 4 is 15.9 Å². The molecule has 6 nitrogen and oxygen atoms in total. The Labute approximate surface area is 150 Å². The first-order chi connectivity index (χ1) is 11.9. The molecule has 138 valence electrons. The predicted octanol–water partition coefficient (Wildman–Crippen LogP) is 1.67. The lowest BCUT2D eigenvalue weighted by molar-refractivity contribution is 0.0787. The maximum absolute atomic E-state index is 13.0. The highest BCUT2D eigenvalue weighted by Crippen LogP contribution is 2.26. The second-order valence-electron chi connectivity index (χ2n) is 7.13. The van der Waals surface area contributed by atoms with Crippen molar-refractivity contribution in [2.45, 2.75) is 43.5 Å². The SMILES string of the molecule is CC1CCCCN1S(=O)(=O)c1cccc(C(=O)N2CCC(CN)C2)c1. The van der Waals surface area contributed by atoms with Gasteiger partial charge in [0.1, 0.15) is 0 Å². The van der Waals surface area contributed by atoms with Gasteiger partial charge >= 0.3 is 0 Å². The molecule has 0 aromatic heterocycles. The largest absolute Gasteiger partial charge is 0.338 e. The van der Waals surface area contributed by atoms with Crippen LogP contribution in [0.5, 0.6) is 0 Å². The molecule has 2 N–H and O–H groups in total. The first kappa shape index (κ1) is 18.4. The lowest BCUT2D eigenvalue weighted by atomic mass is 10.1. The molecular weight excluding hydrogens is 338 g/mol. The molecule has 2 atom stereocenters. The Morgan fingerprint density at radius 3 is 2.72 bits per heavy atom. The molecule has 0 bridgehead atoms. The second-order valence-corrected chi connectivity index (χ2v) is 9.02. The number of nitrogens with zero attached hydrogens (tertiary/aromatic N) is 2. The molecule has 25 heavy (non-hydrogen) atoms. The van der Waals surface area contributed by atoms with Crippen LogP contribution in [0.1, 0.15) is 43.0 Å². The quantitative estimate of drug-likeness (QED) is 0.880. The van der Waals surface area contributed by atoms with Crippen LogP contribution < -0.4 is 5.73 Å². The van der Waals surface area contributed by atoms with E-state index in [1.54, 1.807) is 27.4 Å². The van der Waals surface area contributed by atoms with Gasteiger partial charge in [-0.15, -0.1) is 0 Å². The number of carbonyl (C=O) groups excluding carboxylic acids is 1. The zero-order valence-electron chi connectivity index (χ0n) is 14.7. The van der Waals surface area contributed by atoms with Gasteiger partial charge in [0, 0.05) is 31.2 Å². The van der Waals surface area contributed by atoms with Crippen LogP contribution in [0.15, 0.2) is 29.2 Å². The molecule has 3 rings (SSSR count). The maximum Gasteiger partial charge on any atom is 0.253 e. The molecule has 1 aromatic carbocycles. The highest BCUT2D eigenvalue weighted by atomic mass is 32.2. The summed E-state index contributed by atoms with van der Waals surface area (Å²) in [5.41, 5.74) is 6.12. The maximum atomic E-state index is 13.0. The van der Waals surface area contributed by atoms with E-state index in [-0.39, 0.29) is 16.8 Å². The van der Waals surface area contributed by atoms with Crippen LogP contribution in [0.2, 0.25) is 0 Å². The third-order valence-electron chi connectivity index (χ3n) is 5.34. The number of piperidine rings is 1. The smallest absolute Gasteiger partial charge is 0.253 e. The molecule has 0 radical (unpaired) electrons. The van der Waals surface area contributed by atoms with Crippen molar-refractivity contribution in [1.82, 2.24) is 9.21 Å². The number of benzene rings is 1. The molecule has 2 unspecified atom stereocenters. The Bertz CT molecular complexity index is 735. The van der Waals surface area contributed by atoms with Gasteiger partial charge in [-0.05, 0) is 56.8 Å². The van der Waals surface area contributed by atoms with Gasteiger partial charge in [-0.2, -0.15) is 4.31 Å². The summed E-state index contributed by atoms with van der Waals surface area (Å²) >= 11 is 0. The second kappa shape index (κ2) is 7.43. The number of hydrogen-bond donors (Lipinski definition) is 1. The molecule has 0 spiro atoms. The summed E-state index contributed by atoms with van der Waals surface area (Å²) in [5, 5.41) is 0. The molecule has 1 amide bonds. The van der Waals surface area contributed by atoms with Gasteiger partial charge in [0.15, 0.2) is 0 Å². The van der Waals surface area contributed by atoms with Crippen molar-refractivity contribution in [2.24, 2.45) is 11.7 Å². The lowest BCUT2D eigenvalue weighted by Gasteiger charge is -2.32. The van der Waals surface area contributed by atoms with Gasteiger partial charge in [0.05, 0.1) is 4.90 Å². The minimum Gasteiger partial charge on any atom is -0.338 e. The fourth-order valence-electron chi connectivity index (χ4n) is 3.75. The van der Waals surface area contributed by atoms with Crippen LogP contribution in [0.25, 0.3) is 0 Å². The van der Waals surface area contributed by atoms with Gasteiger partial charge < -0.3 is 10.6 Å². The van der Waals surface area contributed by atoms with Gasteiger partial charge in [-0.25, -0.2) is 8.42 Å². The molecule has 0 saturated carbocycles. The Kier molecular flexibility index (Phi) is 5.46. The molecule has 2 aliphatic rings. The highest BCUT2D eigenvalue weighted by molar-refractivity contribution is 7.89. The van der Waals surface area contributed by atoms with Crippen LogP contribution in [-0.2, 0) is 10.0 Å². The van der Waals surface area contributed by atoms with E-state index in [1.807, 2.05) is 6.92 Å². The van der Waals surface area contributed by atoms with E-state index in [1.165, 1.54) is 6.07 Å². The van der Waals surface area contributed by atoms with E-state index in [2.05, 4.69) is 0 Å². The Morgan fingerprint density at radius 2 is 2.04 bits per heavy atom. The number of nitrogens with two attached hydrogens (primary N) is 1. The summed E-state index contributed by atoms with van der Waals surface area (Å²) in [6, 6.07) is 6.46. The van der Waals surface area contributed by atoms with Gasteiger partial charge in [-0.3, -0.25) is 4.79 Å². The summed E-state index contributed by atoms with van der Waals surface area (Å²) < 4.78 is 27.5. The van der Waals surface area contributed by atoms with Crippen LogP contribution in [0.4, 0.5) is 0 Å². The molecule has 0 aliphatic carbocycles. The molecule has 2 fully saturated rings. The number of amides is 1. The molecule has 1 aromatic rings. The predicted molar refractivity (Wildman–Crippen MR) is 96.7 cm³/mol. The molecule has 7 heteroatoms. The number of hydrogen-bond acceptors (Lipinski definition) is 4. The van der Waals surface area contributed by atoms with E-state index in [4.69, 9.17) is 5.73 Å². The van der Waals surface area contributed by atoms with E-state index in [0.29, 0.717) is 37.7 Å². The van der Waals surface area contributed by atoms with Crippen molar-refractivity contribution in [1.29, 1.82) is 0 Å². The summed E-state index contributed by atoms with van der Waals surface area (Å²) in [4.78, 5) is 14.7. The van der Waals surface area contributed by atoms with E-state index < -0.39 is 10.0 Å². The van der Waals surface area contributed by atoms with E-state index in [0.717, 1.165) is 25.7 Å². The van der Waals surface area contributed by atoms with Crippen molar-refractivity contribution in [3.8, 4) is 0 Å². The third kappa shape index (κ3) is 3.73. The topological polar surface area (TPSA) is 83.7 Å². The minimum atomic E-state index is -3.56. The van der Waals surface area contributed by atoms with Crippen LogP contribution in [0.3, 0.4) is 0 Å². The highest BCUT2D eigenvalue weighted by Gasteiger charge is 2.32. The zero-order valence-corrected chi connectivity index (χ0v) is 15.5. The summed E-state index contributed by atoms with van der Waals surface area (Å²) in [5.74, 6) is 0.227. The van der Waals surface area contributed by atoms with E-state index in [9.17, 15) is 13.2 Å². The zero-order chi connectivity index (χ0) is 18.0. The van der Waals surface area contributed by atoms with Gasteiger partial charge in [0.25, 0.3) is 5.91 Å². The van der Waals surface area contributed by atoms with Crippen molar-refractivity contribution in [3.63, 3.8) is 0 Å². The first-order valence-electron chi connectivity index (χ1n) is 9.04. The number of sulfonamides is 1. The number of rotatable bonds is 4. The number of likely N-dealkylation sites (tertiary alicyclic amines) is 1. The number of carbonyl (C=O) groups is 1. The molecule has 2 heterocycles. The Hall–Kier alpha value is -1.44. The van der Waals surface area contributed by atoms with Crippen molar-refractivity contribution < 1.29 is 13.2 Å². The minimum absolute atomic E-state index is 0.00185. The first-order valence-corrected chi connectivity index (χ1v) is 10.5. The third-order valence-corrected chi connectivity index (χ3v) is 7.35. The van der Waals surface area contributed by atoms with Crippen LogP contribution >= 0.6 is 0 Å². The summed E-state index contributed by atoms with van der Waals surface area (Å²) in [6.07, 6.45) is 3.73. The average Bonchev–Trinajstić information content (AvgIpc) is 3.10. The normalized spacial score (nSPS) is 25.3. The van der Waals surface area contributed by atoms with Crippen LogP contribution in [0, 0.1) is 5.92 Å². The van der Waals surface area contributed by atoms with E-state index >= 15 is 0 Å². The Morgan fingerprint density at radius 1 is 1.24 bits per heavy atom. The standard InChI is InChI=1S/C18H27N3O3S/c1-14-5-2-3-9-21(14)25(23,24)17-7-4-6-16(11-17)18(22)20-10-8-15(12-19)13-20/h4,6-7,11,14-15H,2-3,5,8-10,12-13,19H2,1H3. The van der Waals surface area contributed by atoms with Gasteiger partial charge in [0.2, 0.25) is 10.0 Å². The molecular formula is C18H27N3O3S.